The Morgan fingerprint density at radius 2 is 1.45 bits per heavy atom. The highest BCUT2D eigenvalue weighted by Crippen LogP contribution is 2.31. The minimum atomic E-state index is -1.50. The molecule has 4 aromatic rings. The molecule has 4 heteroatoms. The summed E-state index contributed by atoms with van der Waals surface area (Å²) in [5.74, 6) is 0. The molecule has 0 amide bonds. The van der Waals surface area contributed by atoms with Gasteiger partial charge in [-0.15, -0.1) is 0 Å². The van der Waals surface area contributed by atoms with Crippen molar-refractivity contribution in [2.45, 2.75) is 0 Å². The molecule has 4 rings (SSSR count). The first-order chi connectivity index (χ1) is 10.7. The number of para-hydroxylation sites is 1. The van der Waals surface area contributed by atoms with Gasteiger partial charge in [0, 0.05) is 10.8 Å². The third kappa shape index (κ3) is 2.01. The minimum Gasteiger partial charge on any atom is -0.456 e. The lowest BCUT2D eigenvalue weighted by Gasteiger charge is -2.08. The van der Waals surface area contributed by atoms with Gasteiger partial charge in [-0.05, 0) is 34.8 Å². The van der Waals surface area contributed by atoms with Crippen LogP contribution in [0.15, 0.2) is 71.1 Å². The van der Waals surface area contributed by atoms with E-state index in [4.69, 9.17) is 4.42 Å². The standard InChI is InChI=1S/C18H13BO3/c20-19(21)16-7-3-1-5-13(16)12-9-10-15-14-6-2-4-8-17(14)22-18(15)11-12/h1-11,20-21H. The maximum Gasteiger partial charge on any atom is 0.489 e. The first-order valence-electron chi connectivity index (χ1n) is 7.11. The highest BCUT2D eigenvalue weighted by atomic mass is 16.4. The summed E-state index contributed by atoms with van der Waals surface area (Å²) in [6, 6.07) is 21.1. The number of furan rings is 1. The average Bonchev–Trinajstić information content (AvgIpc) is 2.92. The molecule has 0 bridgehead atoms. The van der Waals surface area contributed by atoms with Crippen molar-refractivity contribution in [1.82, 2.24) is 0 Å². The predicted molar refractivity (Wildman–Crippen MR) is 89.0 cm³/mol. The molecule has 2 N–H and O–H groups in total. The smallest absolute Gasteiger partial charge is 0.456 e. The molecule has 0 aliphatic carbocycles. The Morgan fingerprint density at radius 3 is 2.32 bits per heavy atom. The van der Waals surface area contributed by atoms with Crippen molar-refractivity contribution in [3.63, 3.8) is 0 Å². The van der Waals surface area contributed by atoms with Crippen LogP contribution in [0.5, 0.6) is 0 Å². The van der Waals surface area contributed by atoms with E-state index in [1.807, 2.05) is 54.6 Å². The number of rotatable bonds is 2. The Bertz CT molecular complexity index is 972. The van der Waals surface area contributed by atoms with Crippen molar-refractivity contribution >= 4 is 34.5 Å². The van der Waals surface area contributed by atoms with E-state index in [2.05, 4.69) is 0 Å². The maximum atomic E-state index is 9.53. The zero-order valence-electron chi connectivity index (χ0n) is 11.7. The molecule has 1 aromatic heterocycles. The summed E-state index contributed by atoms with van der Waals surface area (Å²) in [7, 11) is -1.50. The summed E-state index contributed by atoms with van der Waals surface area (Å²) >= 11 is 0. The third-order valence-corrected chi connectivity index (χ3v) is 3.93. The van der Waals surface area contributed by atoms with Crippen LogP contribution >= 0.6 is 0 Å². The number of hydrogen-bond donors (Lipinski definition) is 2. The summed E-state index contributed by atoms with van der Waals surface area (Å²) in [6.45, 7) is 0. The Labute approximate surface area is 127 Å². The van der Waals surface area contributed by atoms with Crippen molar-refractivity contribution in [2.24, 2.45) is 0 Å². The Kier molecular flexibility index (Phi) is 3.00. The molecule has 106 valence electrons. The highest BCUT2D eigenvalue weighted by molar-refractivity contribution is 6.60. The molecule has 0 fully saturated rings. The van der Waals surface area contributed by atoms with E-state index in [0.717, 1.165) is 33.1 Å². The van der Waals surface area contributed by atoms with Crippen molar-refractivity contribution in [1.29, 1.82) is 0 Å². The maximum absolute atomic E-state index is 9.53. The van der Waals surface area contributed by atoms with E-state index >= 15 is 0 Å². The van der Waals surface area contributed by atoms with E-state index in [0.29, 0.717) is 5.46 Å². The van der Waals surface area contributed by atoms with Gasteiger partial charge in [-0.25, -0.2) is 0 Å². The topological polar surface area (TPSA) is 53.6 Å². The first-order valence-corrected chi connectivity index (χ1v) is 7.11. The lowest BCUT2D eigenvalue weighted by Crippen LogP contribution is -2.31. The third-order valence-electron chi connectivity index (χ3n) is 3.93. The van der Waals surface area contributed by atoms with Crippen LogP contribution in [0.1, 0.15) is 0 Å². The zero-order chi connectivity index (χ0) is 15.1. The van der Waals surface area contributed by atoms with Crippen LogP contribution in [0.3, 0.4) is 0 Å². The van der Waals surface area contributed by atoms with Crippen LogP contribution in [0.25, 0.3) is 33.1 Å². The fraction of sp³-hybridized carbons (Fsp3) is 0. The molecule has 0 atom stereocenters. The van der Waals surface area contributed by atoms with E-state index < -0.39 is 7.12 Å². The fourth-order valence-electron chi connectivity index (χ4n) is 2.88. The first kappa shape index (κ1) is 13.1. The lowest BCUT2D eigenvalue weighted by atomic mass is 9.75. The van der Waals surface area contributed by atoms with E-state index in [1.165, 1.54) is 0 Å². The molecule has 0 saturated carbocycles. The normalized spacial score (nSPS) is 11.2. The van der Waals surface area contributed by atoms with Crippen molar-refractivity contribution in [3.05, 3.63) is 66.7 Å². The van der Waals surface area contributed by atoms with Gasteiger partial charge in [0.2, 0.25) is 0 Å². The van der Waals surface area contributed by atoms with Gasteiger partial charge in [0.1, 0.15) is 11.2 Å². The van der Waals surface area contributed by atoms with Gasteiger partial charge in [-0.2, -0.15) is 0 Å². The summed E-state index contributed by atoms with van der Waals surface area (Å²) in [4.78, 5) is 0. The van der Waals surface area contributed by atoms with Crippen LogP contribution < -0.4 is 5.46 Å². The van der Waals surface area contributed by atoms with Gasteiger partial charge in [-0.3, -0.25) is 0 Å². The quantitative estimate of drug-likeness (QED) is 0.558. The van der Waals surface area contributed by atoms with Crippen molar-refractivity contribution < 1.29 is 14.5 Å². The summed E-state index contributed by atoms with van der Waals surface area (Å²) < 4.78 is 5.89. The highest BCUT2D eigenvalue weighted by Gasteiger charge is 2.17. The average molecular weight is 288 g/mol. The molecular formula is C18H13BO3. The predicted octanol–water partition coefficient (Wildman–Crippen LogP) is 2.93. The summed E-state index contributed by atoms with van der Waals surface area (Å²) in [5, 5.41) is 21.2. The van der Waals surface area contributed by atoms with Gasteiger partial charge >= 0.3 is 7.12 Å². The second-order valence-corrected chi connectivity index (χ2v) is 5.27. The zero-order valence-corrected chi connectivity index (χ0v) is 11.7. The Balaban J connectivity index is 1.95. The SMILES string of the molecule is OB(O)c1ccccc1-c1ccc2c(c1)oc1ccccc12. The second-order valence-electron chi connectivity index (χ2n) is 5.27. The fourth-order valence-corrected chi connectivity index (χ4v) is 2.88. The molecule has 0 unspecified atom stereocenters. The Hall–Kier alpha value is -2.56. The van der Waals surface area contributed by atoms with Gasteiger partial charge in [0.25, 0.3) is 0 Å². The van der Waals surface area contributed by atoms with E-state index in [-0.39, 0.29) is 0 Å². The molecule has 0 saturated heterocycles. The van der Waals surface area contributed by atoms with Gasteiger partial charge in [0.15, 0.2) is 0 Å². The van der Waals surface area contributed by atoms with Crippen molar-refractivity contribution in [2.75, 3.05) is 0 Å². The van der Waals surface area contributed by atoms with Crippen LogP contribution in [-0.2, 0) is 0 Å². The molecule has 22 heavy (non-hydrogen) atoms. The summed E-state index contributed by atoms with van der Waals surface area (Å²) in [6.07, 6.45) is 0. The van der Waals surface area contributed by atoms with Crippen molar-refractivity contribution in [3.8, 4) is 11.1 Å². The largest absolute Gasteiger partial charge is 0.489 e. The molecular weight excluding hydrogens is 275 g/mol. The molecule has 0 aliphatic heterocycles. The Morgan fingerprint density at radius 1 is 0.727 bits per heavy atom. The molecule has 3 nitrogen and oxygen atoms in total. The molecule has 3 aromatic carbocycles. The summed E-state index contributed by atoms with van der Waals surface area (Å²) in [5.41, 5.74) is 3.82. The van der Waals surface area contributed by atoms with Gasteiger partial charge in [-0.1, -0.05) is 48.5 Å². The van der Waals surface area contributed by atoms with Crippen LogP contribution in [-0.4, -0.2) is 17.2 Å². The van der Waals surface area contributed by atoms with E-state index in [9.17, 15) is 10.0 Å². The minimum absolute atomic E-state index is 0.484. The second kappa shape index (κ2) is 5.02. The molecule has 0 spiro atoms. The number of benzene rings is 3. The lowest BCUT2D eigenvalue weighted by molar-refractivity contribution is 0.426. The monoisotopic (exact) mass is 288 g/mol. The van der Waals surface area contributed by atoms with Crippen LogP contribution in [0.2, 0.25) is 0 Å². The molecule has 1 heterocycles. The van der Waals surface area contributed by atoms with Crippen LogP contribution in [0, 0.1) is 0 Å². The van der Waals surface area contributed by atoms with Gasteiger partial charge < -0.3 is 14.5 Å². The number of fused-ring (bicyclic) bond motifs is 3. The van der Waals surface area contributed by atoms with Gasteiger partial charge in [0.05, 0.1) is 0 Å². The van der Waals surface area contributed by atoms with Crippen LogP contribution in [0.4, 0.5) is 0 Å². The van der Waals surface area contributed by atoms with E-state index in [1.54, 1.807) is 12.1 Å². The molecule has 0 radical (unpaired) electrons. The number of hydrogen-bond acceptors (Lipinski definition) is 3. The molecule has 0 aliphatic rings.